The molecule has 0 atom stereocenters. The molecule has 0 spiro atoms. The number of rotatable bonds is 0. The summed E-state index contributed by atoms with van der Waals surface area (Å²) in [6, 6.07) is 135. The average Bonchev–Trinajstić information content (AvgIpc) is 1.58. The van der Waals surface area contributed by atoms with E-state index >= 15 is 0 Å². The lowest BCUT2D eigenvalue weighted by Gasteiger charge is -2.16. The van der Waals surface area contributed by atoms with Crippen LogP contribution < -0.4 is 0 Å². The number of para-hydroxylation sites is 8. The number of hydrogen-bond donors (Lipinski definition) is 0. The predicted octanol–water partition coefficient (Wildman–Crippen LogP) is 31.1. The van der Waals surface area contributed by atoms with Gasteiger partial charge in [-0.25, -0.2) is 19.9 Å². The van der Waals surface area contributed by atoms with Crippen LogP contribution >= 0.6 is 0 Å². The van der Waals surface area contributed by atoms with Crippen LogP contribution in [0.4, 0.5) is 17.1 Å². The van der Waals surface area contributed by atoms with Crippen LogP contribution in [0.1, 0.15) is 5.56 Å². The molecule has 0 saturated carbocycles. The topological polar surface area (TPSA) is 106 Å². The lowest BCUT2D eigenvalue weighted by Crippen LogP contribution is -1.95. The number of pyridine rings is 4. The van der Waals surface area contributed by atoms with Gasteiger partial charge in [0.15, 0.2) is 5.69 Å². The summed E-state index contributed by atoms with van der Waals surface area (Å²) in [5, 5.41) is 44.9. The number of aromatic nitrogens is 8. The van der Waals surface area contributed by atoms with Crippen molar-refractivity contribution in [2.75, 3.05) is 0 Å². The molecule has 0 amide bonds. The van der Waals surface area contributed by atoms with E-state index in [1.165, 1.54) is 140 Å². The summed E-state index contributed by atoms with van der Waals surface area (Å²) < 4.78 is 9.15. The van der Waals surface area contributed by atoms with E-state index in [-0.39, 0.29) is 22.6 Å². The Morgan fingerprint density at radius 2 is 0.531 bits per heavy atom. The van der Waals surface area contributed by atoms with E-state index in [0.717, 1.165) is 99.2 Å². The monoisotopic (exact) mass is 1620 g/mol. The smallest absolute Gasteiger partial charge is 0.202 e. The highest BCUT2D eigenvalue weighted by Crippen LogP contribution is 2.51. The fraction of sp³-hybridized carbons (Fsp3) is 0. The summed E-state index contributed by atoms with van der Waals surface area (Å²) >= 11 is 0. The SMILES string of the molecule is [C-]#[N+]c1c([N+]#[C-])c([N+]#[C-])c2cc3c4cc5ccccc5cc4c4nc5ccccc5n4c3cc2c1C#N.c1ccc2cc3c(cc2c1)c1c2ccccc2c2ccccc2c1n1c2ccccc2nc31.c1ccc2cc3c(cc2c1)c1c2ccccc2ccc1n1c2ccccc2nc31.c1ccc2cc3c(cc2c1)c1ccc2ccccc2c1n1c2ccccc2nc31. The predicted molar refractivity (Wildman–Crippen MR) is 532 cm³/mol. The Morgan fingerprint density at radius 3 is 1.01 bits per heavy atom. The van der Waals surface area contributed by atoms with Crippen LogP contribution in [0.2, 0.25) is 0 Å². The number of benzene rings is 21. The maximum Gasteiger partial charge on any atom is 0.202 e. The minimum atomic E-state index is -0.0751. The fourth-order valence-corrected chi connectivity index (χ4v) is 20.7. The lowest BCUT2D eigenvalue weighted by molar-refractivity contribution is 1.32. The van der Waals surface area contributed by atoms with Crippen molar-refractivity contribution in [3.05, 3.63) is 416 Å². The molecule has 0 aliphatic heterocycles. The third-order valence-corrected chi connectivity index (χ3v) is 26.3. The molecule has 0 aliphatic carbocycles. The van der Waals surface area contributed by atoms with E-state index in [1.807, 2.05) is 48.5 Å². The van der Waals surface area contributed by atoms with Gasteiger partial charge in [0.05, 0.1) is 97.5 Å². The van der Waals surface area contributed by atoms with Crippen molar-refractivity contribution in [1.29, 1.82) is 5.26 Å². The normalized spacial score (nSPS) is 11.9. The molecule has 0 saturated heterocycles. The van der Waals surface area contributed by atoms with Crippen LogP contribution in [0.15, 0.2) is 376 Å². The molecule has 0 unspecified atom stereocenters. The first-order chi connectivity index (χ1) is 63.3. The highest BCUT2D eigenvalue weighted by molar-refractivity contribution is 6.34. The Bertz CT molecular complexity index is 10300. The summed E-state index contributed by atoms with van der Waals surface area (Å²) in [4.78, 5) is 30.9. The van der Waals surface area contributed by atoms with Gasteiger partial charge < -0.3 is 0 Å². The maximum absolute atomic E-state index is 10.0. The standard InChI is InChI=1S/C31H12N6.C31H18N2.2C27H16N2/c1-33-28-22-14-21-19-12-17-8-4-5-9-18(17)13-23(19)31-36-25-10-6-7-11-26(25)37(31)27(21)15-20(22)24(16-32)29(34-2)30(28)35-3;1-2-10-20-18-26-25(17-19(20)9-1)29-23-13-5-3-11-21(23)22-12-4-6-14-24(22)30(29)33-28-16-8-7-15-27(28)32-31(26)33;1-2-9-19-16-22-21(15-18(19)8-1)26-20-10-4-3-7-17(20)13-14-25(26)29-24-12-6-5-11-23(24)28-27(22)29;1-2-9-19-16-23-22(15-18(19)8-1)21-14-13-17-7-3-4-10-20(17)26(21)29-25-12-6-5-11-24(25)28-27(23)29/h4-15H;1-18H;2*1-16H. The van der Waals surface area contributed by atoms with E-state index in [9.17, 15) is 5.26 Å². The van der Waals surface area contributed by atoms with Gasteiger partial charge in [-0.15, -0.1) is 0 Å². The summed E-state index contributed by atoms with van der Waals surface area (Å²) in [6.45, 7) is 23.2. The van der Waals surface area contributed by atoms with Gasteiger partial charge in [-0.3, -0.25) is 32.1 Å². The van der Waals surface area contributed by atoms with E-state index in [1.54, 1.807) is 0 Å². The largest absolute Gasteiger partial charge is 0.292 e. The Hall–Kier alpha value is -18.2. The quantitative estimate of drug-likeness (QED) is 0.0854. The molecule has 21 aromatic carbocycles. The Balaban J connectivity index is 0.0000000907. The van der Waals surface area contributed by atoms with Crippen LogP contribution in [0.3, 0.4) is 0 Å². The number of fused-ring (bicyclic) bond motifs is 46. The number of hydrogen-bond acceptors (Lipinski definition) is 5. The van der Waals surface area contributed by atoms with Gasteiger partial charge in [0, 0.05) is 53.9 Å². The van der Waals surface area contributed by atoms with Crippen LogP contribution in [-0.2, 0) is 0 Å². The number of imidazole rings is 4. The minimum Gasteiger partial charge on any atom is -0.292 e. The summed E-state index contributed by atoms with van der Waals surface area (Å²) in [6.07, 6.45) is 0. The summed E-state index contributed by atoms with van der Waals surface area (Å²) in [7, 11) is 0. The third-order valence-electron chi connectivity index (χ3n) is 26.3. The summed E-state index contributed by atoms with van der Waals surface area (Å²) in [5.74, 6) is 0. The molecule has 0 bridgehead atoms. The Kier molecular flexibility index (Phi) is 15.5. The maximum atomic E-state index is 10.0. The molecule has 0 aliphatic rings. The van der Waals surface area contributed by atoms with Gasteiger partial charge >= 0.3 is 0 Å². The van der Waals surface area contributed by atoms with Crippen LogP contribution in [0, 0.1) is 31.0 Å². The first kappa shape index (κ1) is 71.5. The van der Waals surface area contributed by atoms with Crippen molar-refractivity contribution < 1.29 is 0 Å². The van der Waals surface area contributed by atoms with Crippen molar-refractivity contribution in [2.45, 2.75) is 0 Å². The second-order valence-electron chi connectivity index (χ2n) is 33.0. The molecule has 8 aromatic heterocycles. The van der Waals surface area contributed by atoms with Crippen molar-refractivity contribution in [3.8, 4) is 6.07 Å². The van der Waals surface area contributed by atoms with Crippen molar-refractivity contribution in [3.63, 3.8) is 0 Å². The molecular weight excluding hydrogens is 1560 g/mol. The fourth-order valence-electron chi connectivity index (χ4n) is 20.7. The molecule has 586 valence electrons. The van der Waals surface area contributed by atoms with Crippen molar-refractivity contribution >= 4 is 267 Å². The molecule has 0 radical (unpaired) electrons. The van der Waals surface area contributed by atoms with E-state index < -0.39 is 0 Å². The van der Waals surface area contributed by atoms with Gasteiger partial charge in [-0.05, 0) is 217 Å². The zero-order valence-electron chi connectivity index (χ0n) is 68.2. The Labute approximate surface area is 727 Å². The Morgan fingerprint density at radius 1 is 0.203 bits per heavy atom. The highest BCUT2D eigenvalue weighted by Gasteiger charge is 2.26. The van der Waals surface area contributed by atoms with Crippen LogP contribution in [0.5, 0.6) is 0 Å². The van der Waals surface area contributed by atoms with E-state index in [2.05, 4.69) is 366 Å². The van der Waals surface area contributed by atoms with Gasteiger partial charge in [0.2, 0.25) is 11.4 Å². The molecule has 8 heterocycles. The second-order valence-corrected chi connectivity index (χ2v) is 33.0. The molecule has 12 heteroatoms. The molecule has 12 nitrogen and oxygen atoms in total. The second kappa shape index (κ2) is 27.7. The number of nitrogens with zero attached hydrogens (tertiary/aromatic N) is 12. The van der Waals surface area contributed by atoms with Gasteiger partial charge in [-0.2, -0.15) is 5.26 Å². The molecule has 128 heavy (non-hydrogen) atoms. The first-order valence-electron chi connectivity index (χ1n) is 42.6. The highest BCUT2D eigenvalue weighted by atomic mass is 15.0. The van der Waals surface area contributed by atoms with Crippen LogP contribution in [-0.4, -0.2) is 37.5 Å². The van der Waals surface area contributed by atoms with E-state index in [4.69, 9.17) is 39.7 Å². The average molecular weight is 1620 g/mol. The molecule has 0 fully saturated rings. The minimum absolute atomic E-state index is 0.0719. The third kappa shape index (κ3) is 10.4. The first-order valence-corrected chi connectivity index (χ1v) is 42.6. The van der Waals surface area contributed by atoms with Gasteiger partial charge in [0.1, 0.15) is 22.6 Å². The van der Waals surface area contributed by atoms with Gasteiger partial charge in [0.25, 0.3) is 0 Å². The summed E-state index contributed by atoms with van der Waals surface area (Å²) in [5.41, 5.74) is 16.7. The van der Waals surface area contributed by atoms with E-state index in [0.29, 0.717) is 10.8 Å². The molecule has 29 aromatic rings. The number of nitriles is 1. The van der Waals surface area contributed by atoms with Gasteiger partial charge in [-0.1, -0.05) is 267 Å². The molecule has 0 N–H and O–H groups in total. The molecule has 29 rings (SSSR count). The zero-order chi connectivity index (χ0) is 84.7. The van der Waals surface area contributed by atoms with Crippen molar-refractivity contribution in [2.24, 2.45) is 0 Å². The van der Waals surface area contributed by atoms with Crippen molar-refractivity contribution in [1.82, 2.24) is 37.5 Å². The zero-order valence-corrected chi connectivity index (χ0v) is 68.2. The lowest BCUT2D eigenvalue weighted by atomic mass is 9.93. The molecular formula is C116H62N12. The van der Waals surface area contributed by atoms with Crippen LogP contribution in [0.25, 0.3) is 265 Å².